The summed E-state index contributed by atoms with van der Waals surface area (Å²) in [5.41, 5.74) is 4.62. The lowest BCUT2D eigenvalue weighted by Crippen LogP contribution is -2.31. The minimum atomic E-state index is -0.832. The van der Waals surface area contributed by atoms with Gasteiger partial charge in [0.15, 0.2) is 11.9 Å². The first-order valence-corrected chi connectivity index (χ1v) is 9.10. The van der Waals surface area contributed by atoms with Crippen LogP contribution in [0.3, 0.4) is 0 Å². The summed E-state index contributed by atoms with van der Waals surface area (Å²) in [7, 11) is 3.27. The Labute approximate surface area is 149 Å². The van der Waals surface area contributed by atoms with Crippen LogP contribution in [0.25, 0.3) is 10.3 Å². The van der Waals surface area contributed by atoms with Crippen LogP contribution < -0.4 is 16.2 Å². The number of H-pyrrole nitrogens is 1. The van der Waals surface area contributed by atoms with E-state index in [1.807, 2.05) is 0 Å². The van der Waals surface area contributed by atoms with Gasteiger partial charge < -0.3 is 20.5 Å². The topological polar surface area (TPSA) is 144 Å². The first-order chi connectivity index (χ1) is 11.8. The molecule has 1 fully saturated rings. The van der Waals surface area contributed by atoms with E-state index in [9.17, 15) is 19.5 Å². The van der Waals surface area contributed by atoms with Crippen molar-refractivity contribution >= 4 is 45.3 Å². The zero-order valence-corrected chi connectivity index (χ0v) is 15.1. The fourth-order valence-corrected chi connectivity index (χ4v) is 4.58. The second-order valence-corrected chi connectivity index (χ2v) is 8.01. The maximum Gasteiger partial charge on any atom is 0.311 e. The fourth-order valence-electron chi connectivity index (χ4n) is 2.52. The smallest absolute Gasteiger partial charge is 0.311 e. The van der Waals surface area contributed by atoms with E-state index in [0.717, 1.165) is 11.3 Å². The van der Waals surface area contributed by atoms with Crippen molar-refractivity contribution in [3.8, 4) is 0 Å². The van der Waals surface area contributed by atoms with Gasteiger partial charge in [-0.2, -0.15) is 4.98 Å². The standard InChI is InChI=1S/C13H17N5O5S2/c1-17(2)6(20)3-5-11(23-7(4-19)24-5)18-9-8(25-13(18)22)10(21)16-12(14)15-9/h5,7,11,19H,3-4H2,1-2H3,(H3,14,15,16,21). The second-order valence-electron chi connectivity index (χ2n) is 5.65. The number of hydrogen-bond acceptors (Lipinski definition) is 9. The molecule has 25 heavy (non-hydrogen) atoms. The van der Waals surface area contributed by atoms with E-state index in [1.54, 1.807) is 14.1 Å². The van der Waals surface area contributed by atoms with Crippen molar-refractivity contribution in [1.29, 1.82) is 0 Å². The molecule has 136 valence electrons. The highest BCUT2D eigenvalue weighted by atomic mass is 32.2. The molecule has 0 bridgehead atoms. The predicted molar refractivity (Wildman–Crippen MR) is 94.6 cm³/mol. The lowest BCUT2D eigenvalue weighted by atomic mass is 10.2. The lowest BCUT2D eigenvalue weighted by molar-refractivity contribution is -0.129. The molecule has 2 aromatic rings. The summed E-state index contributed by atoms with van der Waals surface area (Å²) in [6.07, 6.45) is -0.720. The molecule has 2 aromatic heterocycles. The van der Waals surface area contributed by atoms with Crippen molar-refractivity contribution in [2.45, 2.75) is 23.3 Å². The van der Waals surface area contributed by atoms with Crippen molar-refractivity contribution < 1.29 is 14.6 Å². The number of nitrogens with two attached hydrogens (primary N) is 1. The largest absolute Gasteiger partial charge is 0.393 e. The highest BCUT2D eigenvalue weighted by Crippen LogP contribution is 2.41. The number of nitrogen functional groups attached to an aromatic ring is 1. The van der Waals surface area contributed by atoms with E-state index in [2.05, 4.69) is 9.97 Å². The monoisotopic (exact) mass is 387 g/mol. The van der Waals surface area contributed by atoms with Crippen LogP contribution in [-0.4, -0.2) is 61.8 Å². The van der Waals surface area contributed by atoms with E-state index in [-0.39, 0.29) is 35.2 Å². The predicted octanol–water partition coefficient (Wildman–Crippen LogP) is -0.844. The average molecular weight is 387 g/mol. The van der Waals surface area contributed by atoms with E-state index in [0.29, 0.717) is 0 Å². The van der Waals surface area contributed by atoms with Gasteiger partial charge in [0.1, 0.15) is 10.1 Å². The number of aliphatic hydroxyl groups is 1. The number of aromatic amines is 1. The molecule has 1 aliphatic heterocycles. The van der Waals surface area contributed by atoms with E-state index >= 15 is 0 Å². The minimum absolute atomic E-state index is 0.112. The Morgan fingerprint density at radius 3 is 2.84 bits per heavy atom. The Morgan fingerprint density at radius 2 is 2.20 bits per heavy atom. The van der Waals surface area contributed by atoms with Gasteiger partial charge in [-0.15, -0.1) is 11.8 Å². The van der Waals surface area contributed by atoms with Gasteiger partial charge in [-0.1, -0.05) is 11.3 Å². The number of anilines is 1. The Kier molecular flexibility index (Phi) is 4.86. The first kappa shape index (κ1) is 17.9. The number of nitrogens with one attached hydrogen (secondary N) is 1. The van der Waals surface area contributed by atoms with Crippen LogP contribution in [0.4, 0.5) is 5.95 Å². The van der Waals surface area contributed by atoms with E-state index in [1.165, 1.54) is 21.2 Å². The van der Waals surface area contributed by atoms with Crippen LogP contribution in [0.5, 0.6) is 0 Å². The number of thiazole rings is 1. The highest BCUT2D eigenvalue weighted by Gasteiger charge is 2.40. The molecule has 0 saturated carbocycles. The molecule has 3 unspecified atom stereocenters. The van der Waals surface area contributed by atoms with Gasteiger partial charge >= 0.3 is 4.87 Å². The number of aliphatic hydroxyl groups excluding tert-OH is 1. The molecule has 3 heterocycles. The molecule has 3 atom stereocenters. The molecule has 0 aromatic carbocycles. The van der Waals surface area contributed by atoms with Crippen LogP contribution in [-0.2, 0) is 9.53 Å². The van der Waals surface area contributed by atoms with Gasteiger partial charge in [0.25, 0.3) is 5.56 Å². The number of fused-ring (bicyclic) bond motifs is 1. The van der Waals surface area contributed by atoms with E-state index < -0.39 is 27.3 Å². The van der Waals surface area contributed by atoms with Crippen molar-refractivity contribution in [3.63, 3.8) is 0 Å². The van der Waals surface area contributed by atoms with Crippen molar-refractivity contribution in [3.05, 3.63) is 20.0 Å². The quantitative estimate of drug-likeness (QED) is 0.616. The maximum atomic E-state index is 12.5. The van der Waals surface area contributed by atoms with Crippen LogP contribution >= 0.6 is 23.1 Å². The third-order valence-electron chi connectivity index (χ3n) is 3.71. The van der Waals surface area contributed by atoms with Crippen LogP contribution in [0.2, 0.25) is 0 Å². The number of amides is 1. The average Bonchev–Trinajstić information content (AvgIpc) is 3.07. The van der Waals surface area contributed by atoms with Crippen molar-refractivity contribution in [2.75, 3.05) is 26.4 Å². The molecule has 3 rings (SSSR count). The Hall–Kier alpha value is -1.89. The molecule has 4 N–H and O–H groups in total. The van der Waals surface area contributed by atoms with Crippen LogP contribution in [0.1, 0.15) is 12.6 Å². The van der Waals surface area contributed by atoms with Gasteiger partial charge in [0, 0.05) is 20.5 Å². The molecular weight excluding hydrogens is 370 g/mol. The number of rotatable bonds is 4. The summed E-state index contributed by atoms with van der Waals surface area (Å²) in [6, 6.07) is 0. The number of hydrogen-bond donors (Lipinski definition) is 3. The summed E-state index contributed by atoms with van der Waals surface area (Å²) in [4.78, 5) is 43.9. The molecule has 1 amide bonds. The SMILES string of the molecule is CN(C)C(=O)CC1SC(CO)OC1n1c(=O)sc2c(=O)[nH]c(N)nc21. The summed E-state index contributed by atoms with van der Waals surface area (Å²) < 4.78 is 7.11. The van der Waals surface area contributed by atoms with Crippen molar-refractivity contribution in [1.82, 2.24) is 19.4 Å². The zero-order valence-electron chi connectivity index (χ0n) is 13.5. The van der Waals surface area contributed by atoms with Gasteiger partial charge in [-0.05, 0) is 0 Å². The highest BCUT2D eigenvalue weighted by molar-refractivity contribution is 8.00. The maximum absolute atomic E-state index is 12.5. The summed E-state index contributed by atoms with van der Waals surface area (Å²) in [6.45, 7) is -0.263. The number of carbonyl (C=O) groups is 1. The second kappa shape index (κ2) is 6.78. The third-order valence-corrected chi connectivity index (χ3v) is 5.96. The molecule has 10 nitrogen and oxygen atoms in total. The Morgan fingerprint density at radius 1 is 1.48 bits per heavy atom. The molecular formula is C13H17N5O5S2. The molecule has 1 saturated heterocycles. The lowest BCUT2D eigenvalue weighted by Gasteiger charge is -2.20. The molecule has 0 spiro atoms. The summed E-state index contributed by atoms with van der Waals surface area (Å²) in [5.74, 6) is -0.253. The molecule has 1 aliphatic rings. The number of nitrogens with zero attached hydrogens (tertiary/aromatic N) is 3. The number of aromatic nitrogens is 3. The third kappa shape index (κ3) is 3.29. The van der Waals surface area contributed by atoms with Gasteiger partial charge in [-0.3, -0.25) is 23.9 Å². The minimum Gasteiger partial charge on any atom is -0.393 e. The molecule has 12 heteroatoms. The molecule has 0 radical (unpaired) electrons. The number of carbonyl (C=O) groups excluding carboxylic acids is 1. The van der Waals surface area contributed by atoms with Gasteiger partial charge in [-0.25, -0.2) is 0 Å². The van der Waals surface area contributed by atoms with Crippen LogP contribution in [0, 0.1) is 0 Å². The van der Waals surface area contributed by atoms with Crippen LogP contribution in [0.15, 0.2) is 9.59 Å². The van der Waals surface area contributed by atoms with Crippen molar-refractivity contribution in [2.24, 2.45) is 0 Å². The zero-order chi connectivity index (χ0) is 18.3. The normalized spacial score (nSPS) is 23.2. The first-order valence-electron chi connectivity index (χ1n) is 7.34. The number of thioether (sulfide) groups is 1. The van der Waals surface area contributed by atoms with Gasteiger partial charge in [0.05, 0.1) is 11.9 Å². The summed E-state index contributed by atoms with van der Waals surface area (Å²) >= 11 is 2.00. The van der Waals surface area contributed by atoms with E-state index in [4.69, 9.17) is 10.5 Å². The number of ether oxygens (including phenoxy) is 1. The Balaban J connectivity index is 2.08. The molecule has 0 aliphatic carbocycles. The summed E-state index contributed by atoms with van der Waals surface area (Å²) in [5, 5.41) is 8.98. The van der Waals surface area contributed by atoms with Gasteiger partial charge in [0.2, 0.25) is 11.9 Å². The Bertz CT molecular complexity index is 920. The fraction of sp³-hybridized carbons (Fsp3) is 0.538.